The van der Waals surface area contributed by atoms with E-state index >= 15 is 0 Å². The zero-order valence-electron chi connectivity index (χ0n) is 21.5. The highest BCUT2D eigenvalue weighted by atomic mass is 35.5. The number of sulfone groups is 1. The minimum Gasteiger partial charge on any atom is -0.474 e. The van der Waals surface area contributed by atoms with Crippen molar-refractivity contribution in [2.24, 2.45) is 0 Å². The summed E-state index contributed by atoms with van der Waals surface area (Å²) in [5.41, 5.74) is 0.739. The van der Waals surface area contributed by atoms with E-state index in [1.54, 1.807) is 12.1 Å². The molecule has 3 fully saturated rings. The van der Waals surface area contributed by atoms with Gasteiger partial charge in [0.05, 0.1) is 26.4 Å². The predicted molar refractivity (Wildman–Crippen MR) is 140 cm³/mol. The lowest BCUT2D eigenvalue weighted by atomic mass is 10.00. The number of benzene rings is 1. The van der Waals surface area contributed by atoms with Gasteiger partial charge < -0.3 is 19.7 Å². The molecule has 2 aromatic rings. The van der Waals surface area contributed by atoms with Crippen molar-refractivity contribution in [1.82, 2.24) is 14.9 Å². The second-order valence-electron chi connectivity index (χ2n) is 11.1. The molecule has 1 amide bonds. The van der Waals surface area contributed by atoms with Crippen LogP contribution in [0.15, 0.2) is 29.4 Å². The summed E-state index contributed by atoms with van der Waals surface area (Å²) in [6, 6.07) is 4.89. The zero-order chi connectivity index (χ0) is 26.5. The summed E-state index contributed by atoms with van der Waals surface area (Å²) in [6.45, 7) is 7.50. The van der Waals surface area contributed by atoms with E-state index in [1.165, 1.54) is 12.4 Å². The topological polar surface area (TPSA) is 111 Å². The molecule has 11 heteroatoms. The number of aromatic nitrogens is 2. The first-order valence-corrected chi connectivity index (χ1v) is 14.6. The average molecular weight is 549 g/mol. The van der Waals surface area contributed by atoms with Gasteiger partial charge in [-0.25, -0.2) is 23.2 Å². The Balaban J connectivity index is 1.27. The molecule has 9 nitrogen and oxygen atoms in total. The molecule has 0 spiro atoms. The van der Waals surface area contributed by atoms with Gasteiger partial charge in [-0.2, -0.15) is 0 Å². The number of hydrogen-bond acceptors (Lipinski definition) is 8. The zero-order valence-corrected chi connectivity index (χ0v) is 23.1. The molecular weight excluding hydrogens is 516 g/mol. The van der Waals surface area contributed by atoms with Crippen LogP contribution in [-0.2, 0) is 14.6 Å². The average Bonchev–Trinajstić information content (AvgIpc) is 3.62. The molecule has 1 aromatic carbocycles. The molecule has 1 aromatic heterocycles. The van der Waals surface area contributed by atoms with Crippen LogP contribution in [0.1, 0.15) is 64.9 Å². The molecule has 2 aliphatic heterocycles. The van der Waals surface area contributed by atoms with Crippen molar-refractivity contribution < 1.29 is 22.7 Å². The summed E-state index contributed by atoms with van der Waals surface area (Å²) >= 11 is 6.43. The molecule has 0 radical (unpaired) electrons. The van der Waals surface area contributed by atoms with Gasteiger partial charge in [0, 0.05) is 24.9 Å². The molecule has 2 saturated heterocycles. The van der Waals surface area contributed by atoms with Crippen molar-refractivity contribution in [2.45, 2.75) is 100 Å². The molecule has 37 heavy (non-hydrogen) atoms. The van der Waals surface area contributed by atoms with Gasteiger partial charge in [-0.15, -0.1) is 0 Å². The van der Waals surface area contributed by atoms with E-state index in [0.717, 1.165) is 18.4 Å². The summed E-state index contributed by atoms with van der Waals surface area (Å²) in [5.74, 6) is 0.996. The third-order valence-electron chi connectivity index (χ3n) is 7.10. The summed E-state index contributed by atoms with van der Waals surface area (Å²) in [6.07, 6.45) is 5.79. The van der Waals surface area contributed by atoms with Crippen LogP contribution in [0.5, 0.6) is 5.88 Å². The molecule has 1 aliphatic carbocycles. The largest absolute Gasteiger partial charge is 0.474 e. The van der Waals surface area contributed by atoms with Gasteiger partial charge in [0.25, 0.3) is 0 Å². The van der Waals surface area contributed by atoms with Gasteiger partial charge in [-0.05, 0) is 71.6 Å². The Bertz CT molecular complexity index is 1290. The normalized spacial score (nSPS) is 23.6. The number of nitrogens with one attached hydrogen (secondary N) is 1. The van der Waals surface area contributed by atoms with Crippen LogP contribution in [0.4, 0.5) is 16.3 Å². The number of nitrogens with zero attached hydrogens (tertiary/aromatic N) is 3. The van der Waals surface area contributed by atoms with Crippen LogP contribution < -0.4 is 10.1 Å². The summed E-state index contributed by atoms with van der Waals surface area (Å²) in [4.78, 5) is 23.6. The Morgan fingerprint density at radius 1 is 1.11 bits per heavy atom. The van der Waals surface area contributed by atoms with Crippen LogP contribution in [-0.4, -0.2) is 58.4 Å². The van der Waals surface area contributed by atoms with Crippen molar-refractivity contribution in [3.8, 4) is 5.88 Å². The van der Waals surface area contributed by atoms with Gasteiger partial charge in [-0.3, -0.25) is 0 Å². The number of rotatable bonds is 6. The first-order chi connectivity index (χ1) is 17.4. The van der Waals surface area contributed by atoms with Crippen LogP contribution in [0, 0.1) is 6.92 Å². The highest BCUT2D eigenvalue weighted by Crippen LogP contribution is 2.39. The smallest absolute Gasteiger partial charge is 0.410 e. The highest BCUT2D eigenvalue weighted by Gasteiger charge is 2.45. The van der Waals surface area contributed by atoms with Gasteiger partial charge in [0.15, 0.2) is 9.84 Å². The molecule has 200 valence electrons. The number of ether oxygens (including phenoxy) is 2. The van der Waals surface area contributed by atoms with Crippen LogP contribution in [0.25, 0.3) is 0 Å². The molecule has 1 saturated carbocycles. The lowest BCUT2D eigenvalue weighted by Gasteiger charge is -2.39. The number of anilines is 2. The number of amides is 1. The Morgan fingerprint density at radius 3 is 2.38 bits per heavy atom. The fourth-order valence-corrected chi connectivity index (χ4v) is 7.12. The minimum absolute atomic E-state index is 0.0758. The van der Waals surface area contributed by atoms with Crippen molar-refractivity contribution in [2.75, 3.05) is 5.32 Å². The van der Waals surface area contributed by atoms with Crippen molar-refractivity contribution in [3.05, 3.63) is 35.1 Å². The number of piperidine rings is 1. The van der Waals surface area contributed by atoms with E-state index in [-0.39, 0.29) is 34.4 Å². The van der Waals surface area contributed by atoms with Gasteiger partial charge >= 0.3 is 6.09 Å². The second kappa shape index (κ2) is 9.62. The van der Waals surface area contributed by atoms with E-state index < -0.39 is 15.4 Å². The quantitative estimate of drug-likeness (QED) is 0.509. The molecule has 3 atom stereocenters. The van der Waals surface area contributed by atoms with Crippen molar-refractivity contribution in [3.63, 3.8) is 0 Å². The number of fused-ring (bicyclic) bond motifs is 2. The standard InChI is InChI=1S/C26H33ClN4O5S/c1-15-23(30-22-10-9-20(13-21(22)27)37(33,34)19-7-8-19)28-14-29-24(15)35-18-11-16-5-6-17(12-18)31(16)25(32)36-26(2,3)4/h9-10,13-14,16-19H,5-8,11-12H2,1-4H3,(H,28,29,30)/t16-,17?,18?/m0/s1. The molecule has 3 aliphatic rings. The molecule has 2 unspecified atom stereocenters. The first-order valence-electron chi connectivity index (χ1n) is 12.7. The van der Waals surface area contributed by atoms with E-state index in [2.05, 4.69) is 15.3 Å². The highest BCUT2D eigenvalue weighted by molar-refractivity contribution is 7.92. The summed E-state index contributed by atoms with van der Waals surface area (Å²) < 4.78 is 37.0. The minimum atomic E-state index is -3.32. The second-order valence-corrected chi connectivity index (χ2v) is 13.8. The van der Waals surface area contributed by atoms with E-state index in [9.17, 15) is 13.2 Å². The maximum Gasteiger partial charge on any atom is 0.410 e. The third-order valence-corrected chi connectivity index (χ3v) is 9.67. The van der Waals surface area contributed by atoms with Crippen LogP contribution in [0.3, 0.4) is 0 Å². The molecule has 2 bridgehead atoms. The Kier molecular flexibility index (Phi) is 6.77. The number of halogens is 1. The molecule has 3 heterocycles. The number of carbonyl (C=O) groups excluding carboxylic acids is 1. The van der Waals surface area contributed by atoms with E-state index in [1.807, 2.05) is 32.6 Å². The molecular formula is C26H33ClN4O5S. The Labute approximate surface area is 222 Å². The van der Waals surface area contributed by atoms with Crippen LogP contribution in [0.2, 0.25) is 5.02 Å². The summed E-state index contributed by atoms with van der Waals surface area (Å²) in [7, 11) is -3.32. The third kappa shape index (κ3) is 5.50. The fourth-order valence-electron chi connectivity index (χ4n) is 5.15. The van der Waals surface area contributed by atoms with E-state index in [0.29, 0.717) is 48.1 Å². The molecule has 5 rings (SSSR count). The maximum absolute atomic E-state index is 12.7. The SMILES string of the molecule is Cc1c(Nc2ccc(S(=O)(=O)C3CC3)cc2Cl)ncnc1OC1CC2CC[C@@H](C1)N2C(=O)OC(C)(C)C. The first kappa shape index (κ1) is 26.0. The fraction of sp³-hybridized carbons (Fsp3) is 0.577. The Hall–Kier alpha value is -2.59. The van der Waals surface area contributed by atoms with Crippen molar-refractivity contribution in [1.29, 1.82) is 0 Å². The van der Waals surface area contributed by atoms with Gasteiger partial charge in [0.2, 0.25) is 5.88 Å². The lowest BCUT2D eigenvalue weighted by molar-refractivity contribution is -0.00770. The number of hydrogen-bond donors (Lipinski definition) is 1. The van der Waals surface area contributed by atoms with Gasteiger partial charge in [-0.1, -0.05) is 11.6 Å². The van der Waals surface area contributed by atoms with Crippen LogP contribution >= 0.6 is 11.6 Å². The number of carbonyl (C=O) groups is 1. The maximum atomic E-state index is 12.7. The van der Waals surface area contributed by atoms with Crippen molar-refractivity contribution >= 4 is 39.0 Å². The predicted octanol–water partition coefficient (Wildman–Crippen LogP) is 5.43. The van der Waals surface area contributed by atoms with E-state index in [4.69, 9.17) is 21.1 Å². The van der Waals surface area contributed by atoms with Gasteiger partial charge in [0.1, 0.15) is 23.9 Å². The lowest BCUT2D eigenvalue weighted by Crippen LogP contribution is -2.50. The Morgan fingerprint density at radius 2 is 1.78 bits per heavy atom. The monoisotopic (exact) mass is 548 g/mol. The summed E-state index contributed by atoms with van der Waals surface area (Å²) in [5, 5.41) is 3.19. The molecule has 1 N–H and O–H groups in total.